The van der Waals surface area contributed by atoms with E-state index in [1.165, 1.54) is 11.1 Å². The largest absolute Gasteiger partial charge is 0.326 e. The first kappa shape index (κ1) is 8.30. The number of rotatable bonds is 0. The third kappa shape index (κ3) is 1.44. The molecule has 0 fully saturated rings. The molecule has 1 N–H and O–H groups in total. The third-order valence-corrected chi connectivity index (χ3v) is 2.50. The molecule has 0 aromatic heterocycles. The van der Waals surface area contributed by atoms with Crippen molar-refractivity contribution in [3.05, 3.63) is 29.3 Å². The summed E-state index contributed by atoms with van der Waals surface area (Å²) >= 11 is 0. The van der Waals surface area contributed by atoms with E-state index in [0.29, 0.717) is 12.3 Å². The molecule has 0 saturated carbocycles. The number of nitrogens with one attached hydrogen (secondary N) is 1. The number of amides is 1. The molecule has 1 aromatic rings. The second-order valence-electron chi connectivity index (χ2n) is 3.74. The van der Waals surface area contributed by atoms with Crippen LogP contribution in [0.4, 0.5) is 5.69 Å². The first-order chi connectivity index (χ1) is 6.16. The van der Waals surface area contributed by atoms with Crippen LogP contribution in [0, 0.1) is 6.92 Å². The van der Waals surface area contributed by atoms with Crippen LogP contribution >= 0.6 is 0 Å². The Labute approximate surface area is 78.0 Å². The van der Waals surface area contributed by atoms with Crippen LogP contribution in [0.5, 0.6) is 0 Å². The fourth-order valence-electron chi connectivity index (χ4n) is 1.79. The topological polar surface area (TPSA) is 29.1 Å². The molecule has 1 aliphatic heterocycles. The fraction of sp³-hybridized carbons (Fsp3) is 0.364. The lowest BCUT2D eigenvalue weighted by Gasteiger charge is -2.22. The third-order valence-electron chi connectivity index (χ3n) is 2.50. The molecule has 1 aromatic carbocycles. The summed E-state index contributed by atoms with van der Waals surface area (Å²) in [5.74, 6) is 0.479. The van der Waals surface area contributed by atoms with Crippen LogP contribution in [-0.4, -0.2) is 5.91 Å². The van der Waals surface area contributed by atoms with Crippen molar-refractivity contribution >= 4 is 11.6 Å². The Kier molecular flexibility index (Phi) is 1.83. The highest BCUT2D eigenvalue weighted by atomic mass is 16.1. The Morgan fingerprint density at radius 3 is 3.00 bits per heavy atom. The molecule has 68 valence electrons. The van der Waals surface area contributed by atoms with Crippen molar-refractivity contribution in [1.29, 1.82) is 0 Å². The Balaban J connectivity index is 2.49. The van der Waals surface area contributed by atoms with Gasteiger partial charge in [0.15, 0.2) is 0 Å². The van der Waals surface area contributed by atoms with Crippen molar-refractivity contribution < 1.29 is 4.79 Å². The average molecular weight is 175 g/mol. The normalized spacial score (nSPS) is 20.8. The van der Waals surface area contributed by atoms with Crippen LogP contribution in [0.2, 0.25) is 0 Å². The lowest BCUT2D eigenvalue weighted by atomic mass is 9.91. The van der Waals surface area contributed by atoms with Crippen molar-refractivity contribution in [2.45, 2.75) is 26.2 Å². The second-order valence-corrected chi connectivity index (χ2v) is 3.74. The molecule has 0 spiro atoms. The molecule has 0 aliphatic carbocycles. The highest BCUT2D eigenvalue weighted by Gasteiger charge is 2.20. The van der Waals surface area contributed by atoms with Gasteiger partial charge >= 0.3 is 0 Å². The summed E-state index contributed by atoms with van der Waals surface area (Å²) in [6.45, 7) is 4.17. The van der Waals surface area contributed by atoms with Gasteiger partial charge < -0.3 is 5.32 Å². The summed E-state index contributed by atoms with van der Waals surface area (Å²) in [7, 11) is 0. The van der Waals surface area contributed by atoms with Gasteiger partial charge in [-0.15, -0.1) is 0 Å². The summed E-state index contributed by atoms with van der Waals surface area (Å²) in [6.07, 6.45) is 0.608. The summed E-state index contributed by atoms with van der Waals surface area (Å²) in [5.41, 5.74) is 3.50. The second kappa shape index (κ2) is 2.87. The first-order valence-corrected chi connectivity index (χ1v) is 4.57. The number of fused-ring (bicyclic) bond motifs is 1. The molecule has 1 atom stereocenters. The highest BCUT2D eigenvalue weighted by molar-refractivity contribution is 5.94. The standard InChI is InChI=1S/C11H13NO/c1-7-3-4-10-9(5-7)8(2)6-11(13)12-10/h3-5,8H,6H2,1-2H3,(H,12,13). The summed E-state index contributed by atoms with van der Waals surface area (Å²) in [5, 5.41) is 2.88. The van der Waals surface area contributed by atoms with E-state index >= 15 is 0 Å². The first-order valence-electron chi connectivity index (χ1n) is 4.57. The number of aryl methyl sites for hydroxylation is 1. The van der Waals surface area contributed by atoms with Gasteiger partial charge in [0.2, 0.25) is 5.91 Å². The smallest absolute Gasteiger partial charge is 0.224 e. The molecule has 2 rings (SSSR count). The van der Waals surface area contributed by atoms with Gasteiger partial charge in [0.1, 0.15) is 0 Å². The maximum atomic E-state index is 11.2. The molecule has 1 aliphatic rings. The quantitative estimate of drug-likeness (QED) is 0.644. The summed E-state index contributed by atoms with van der Waals surface area (Å²) < 4.78 is 0. The predicted octanol–water partition coefficient (Wildman–Crippen LogP) is 2.44. The zero-order valence-corrected chi connectivity index (χ0v) is 7.92. The Morgan fingerprint density at radius 2 is 2.23 bits per heavy atom. The molecule has 1 heterocycles. The van der Waals surface area contributed by atoms with E-state index in [1.807, 2.05) is 12.1 Å². The van der Waals surface area contributed by atoms with Crippen molar-refractivity contribution in [2.75, 3.05) is 5.32 Å². The lowest BCUT2D eigenvalue weighted by molar-refractivity contribution is -0.116. The van der Waals surface area contributed by atoms with E-state index in [4.69, 9.17) is 0 Å². The highest BCUT2D eigenvalue weighted by Crippen LogP contribution is 2.31. The molecule has 2 heteroatoms. The van der Waals surface area contributed by atoms with Gasteiger partial charge in [0.25, 0.3) is 0 Å². The van der Waals surface area contributed by atoms with E-state index in [9.17, 15) is 4.79 Å². The SMILES string of the molecule is Cc1ccc2c(c1)C(C)CC(=O)N2. The number of benzene rings is 1. The predicted molar refractivity (Wildman–Crippen MR) is 52.8 cm³/mol. The van der Waals surface area contributed by atoms with Crippen LogP contribution in [0.15, 0.2) is 18.2 Å². The molecule has 13 heavy (non-hydrogen) atoms. The van der Waals surface area contributed by atoms with Crippen LogP contribution in [0.1, 0.15) is 30.4 Å². The van der Waals surface area contributed by atoms with Gasteiger partial charge in [-0.05, 0) is 24.5 Å². The van der Waals surface area contributed by atoms with Crippen molar-refractivity contribution in [3.63, 3.8) is 0 Å². The number of anilines is 1. The molecule has 1 amide bonds. The average Bonchev–Trinajstić information content (AvgIpc) is 2.06. The number of carbonyl (C=O) groups is 1. The minimum Gasteiger partial charge on any atom is -0.326 e. The minimum absolute atomic E-state index is 0.129. The zero-order valence-electron chi connectivity index (χ0n) is 7.92. The van der Waals surface area contributed by atoms with Crippen molar-refractivity contribution in [1.82, 2.24) is 0 Å². The van der Waals surface area contributed by atoms with Gasteiger partial charge in [-0.25, -0.2) is 0 Å². The summed E-state index contributed by atoms with van der Waals surface area (Å²) in [4.78, 5) is 11.2. The van der Waals surface area contributed by atoms with Gasteiger partial charge in [0, 0.05) is 12.1 Å². The monoisotopic (exact) mass is 175 g/mol. The molecule has 0 bridgehead atoms. The van der Waals surface area contributed by atoms with Gasteiger partial charge in [-0.1, -0.05) is 24.6 Å². The molecule has 1 unspecified atom stereocenters. The molecule has 0 radical (unpaired) electrons. The molecular weight excluding hydrogens is 162 g/mol. The van der Waals surface area contributed by atoms with Crippen LogP contribution < -0.4 is 5.32 Å². The van der Waals surface area contributed by atoms with Gasteiger partial charge in [0.05, 0.1) is 0 Å². The van der Waals surface area contributed by atoms with E-state index in [2.05, 4.69) is 25.2 Å². The molecular formula is C11H13NO. The number of hydrogen-bond donors (Lipinski definition) is 1. The summed E-state index contributed by atoms with van der Waals surface area (Å²) in [6, 6.07) is 6.16. The minimum atomic E-state index is 0.129. The van der Waals surface area contributed by atoms with Crippen LogP contribution in [0.3, 0.4) is 0 Å². The maximum Gasteiger partial charge on any atom is 0.224 e. The van der Waals surface area contributed by atoms with E-state index in [-0.39, 0.29) is 5.91 Å². The van der Waals surface area contributed by atoms with E-state index in [1.54, 1.807) is 0 Å². The lowest BCUT2D eigenvalue weighted by Crippen LogP contribution is -2.21. The number of carbonyl (C=O) groups excluding carboxylic acids is 1. The van der Waals surface area contributed by atoms with Crippen LogP contribution in [-0.2, 0) is 4.79 Å². The number of hydrogen-bond acceptors (Lipinski definition) is 1. The Hall–Kier alpha value is -1.31. The van der Waals surface area contributed by atoms with E-state index in [0.717, 1.165) is 5.69 Å². The van der Waals surface area contributed by atoms with E-state index < -0.39 is 0 Å². The van der Waals surface area contributed by atoms with Crippen molar-refractivity contribution in [2.24, 2.45) is 0 Å². The Bertz CT molecular complexity index is 357. The maximum absolute atomic E-state index is 11.2. The van der Waals surface area contributed by atoms with Crippen LogP contribution in [0.25, 0.3) is 0 Å². The molecule has 0 saturated heterocycles. The zero-order chi connectivity index (χ0) is 9.42. The van der Waals surface area contributed by atoms with Gasteiger partial charge in [-0.3, -0.25) is 4.79 Å². The Morgan fingerprint density at radius 1 is 1.46 bits per heavy atom. The van der Waals surface area contributed by atoms with Crippen molar-refractivity contribution in [3.8, 4) is 0 Å². The molecule has 2 nitrogen and oxygen atoms in total. The van der Waals surface area contributed by atoms with Gasteiger partial charge in [-0.2, -0.15) is 0 Å². The fourth-order valence-corrected chi connectivity index (χ4v) is 1.79.